The molecule has 0 saturated carbocycles. The molecular formula is C18H23NO5S. The van der Waals surface area contributed by atoms with Crippen molar-refractivity contribution in [3.63, 3.8) is 0 Å². The summed E-state index contributed by atoms with van der Waals surface area (Å²) in [5.74, 6) is 0.740. The summed E-state index contributed by atoms with van der Waals surface area (Å²) >= 11 is 0. The Morgan fingerprint density at radius 3 is 2.40 bits per heavy atom. The standard InChI is InChI=1S/C11H15NO2.C7H8O3S/c1-9(13)4-3-5-10-6-11(14-2)8-12-7-10;1-6-2-4-7(5-3-6)11(8,9)10/h3,5-9,13H,4H2,1-2H3;2-5H,1H3,(H,8,9,10). The van der Waals surface area contributed by atoms with Gasteiger partial charge in [-0.3, -0.25) is 9.54 Å². The molecule has 0 bridgehead atoms. The average Bonchev–Trinajstić information content (AvgIpc) is 2.55. The van der Waals surface area contributed by atoms with Crippen molar-refractivity contribution in [3.05, 3.63) is 59.9 Å². The Hall–Kier alpha value is -2.22. The summed E-state index contributed by atoms with van der Waals surface area (Å²) in [5.41, 5.74) is 1.93. The fraction of sp³-hybridized carbons (Fsp3) is 0.278. The maximum atomic E-state index is 10.5. The van der Waals surface area contributed by atoms with Crippen LogP contribution in [0.5, 0.6) is 5.75 Å². The summed E-state index contributed by atoms with van der Waals surface area (Å²) in [4.78, 5) is 3.95. The Balaban J connectivity index is 0.000000257. The molecule has 0 aliphatic heterocycles. The highest BCUT2D eigenvalue weighted by Crippen LogP contribution is 2.12. The molecule has 1 unspecified atom stereocenters. The number of hydrogen-bond donors (Lipinski definition) is 2. The van der Waals surface area contributed by atoms with E-state index in [1.54, 1.807) is 38.6 Å². The van der Waals surface area contributed by atoms with Crippen molar-refractivity contribution >= 4 is 16.2 Å². The quantitative estimate of drug-likeness (QED) is 0.790. The number of aliphatic hydroxyl groups is 1. The first-order valence-corrected chi connectivity index (χ1v) is 9.04. The Bertz CT molecular complexity index is 783. The van der Waals surface area contributed by atoms with Crippen LogP contribution in [0.3, 0.4) is 0 Å². The summed E-state index contributed by atoms with van der Waals surface area (Å²) in [5, 5.41) is 9.04. The van der Waals surface area contributed by atoms with Crippen molar-refractivity contribution in [1.29, 1.82) is 0 Å². The van der Waals surface area contributed by atoms with Gasteiger partial charge in [0.05, 0.1) is 24.3 Å². The first kappa shape index (κ1) is 20.8. The first-order valence-electron chi connectivity index (χ1n) is 7.60. The second-order valence-electron chi connectivity index (χ2n) is 5.43. The Kier molecular flexibility index (Phi) is 8.27. The maximum Gasteiger partial charge on any atom is 0.294 e. The van der Waals surface area contributed by atoms with Crippen molar-refractivity contribution in [2.24, 2.45) is 0 Å². The third-order valence-corrected chi connectivity index (χ3v) is 3.94. The molecule has 0 fully saturated rings. The molecule has 7 heteroatoms. The van der Waals surface area contributed by atoms with Crippen LogP contribution in [0, 0.1) is 6.92 Å². The van der Waals surface area contributed by atoms with Gasteiger partial charge < -0.3 is 9.84 Å². The van der Waals surface area contributed by atoms with Crippen molar-refractivity contribution in [3.8, 4) is 5.75 Å². The van der Waals surface area contributed by atoms with Crippen LogP contribution in [0.2, 0.25) is 0 Å². The van der Waals surface area contributed by atoms with Crippen LogP contribution in [0.1, 0.15) is 24.5 Å². The number of hydrogen-bond acceptors (Lipinski definition) is 5. The van der Waals surface area contributed by atoms with E-state index in [1.807, 2.05) is 25.1 Å². The lowest BCUT2D eigenvalue weighted by atomic mass is 10.2. The molecule has 0 spiro atoms. The van der Waals surface area contributed by atoms with E-state index in [0.717, 1.165) is 16.9 Å². The molecule has 0 radical (unpaired) electrons. The summed E-state index contributed by atoms with van der Waals surface area (Å²) in [7, 11) is -2.41. The molecule has 1 heterocycles. The highest BCUT2D eigenvalue weighted by molar-refractivity contribution is 7.85. The molecule has 136 valence electrons. The monoisotopic (exact) mass is 365 g/mol. The van der Waals surface area contributed by atoms with Gasteiger partial charge in [-0.2, -0.15) is 8.42 Å². The van der Waals surface area contributed by atoms with E-state index in [0.29, 0.717) is 6.42 Å². The number of ether oxygens (including phenoxy) is 1. The van der Waals surface area contributed by atoms with Crippen LogP contribution >= 0.6 is 0 Å². The average molecular weight is 365 g/mol. The third kappa shape index (κ3) is 8.44. The first-order chi connectivity index (χ1) is 11.7. The smallest absolute Gasteiger partial charge is 0.294 e. The number of benzene rings is 1. The topological polar surface area (TPSA) is 96.7 Å². The van der Waals surface area contributed by atoms with Crippen LogP contribution in [-0.2, 0) is 10.1 Å². The largest absolute Gasteiger partial charge is 0.495 e. The fourth-order valence-electron chi connectivity index (χ4n) is 1.75. The van der Waals surface area contributed by atoms with Gasteiger partial charge in [0.1, 0.15) is 5.75 Å². The van der Waals surface area contributed by atoms with Gasteiger partial charge in [-0.1, -0.05) is 29.8 Å². The highest BCUT2D eigenvalue weighted by Gasteiger charge is 2.06. The zero-order valence-electron chi connectivity index (χ0n) is 14.5. The van der Waals surface area contributed by atoms with Crippen molar-refractivity contribution < 1.29 is 22.8 Å². The van der Waals surface area contributed by atoms with Crippen molar-refractivity contribution in [2.75, 3.05) is 7.11 Å². The molecular weight excluding hydrogens is 342 g/mol. The molecule has 25 heavy (non-hydrogen) atoms. The highest BCUT2D eigenvalue weighted by atomic mass is 32.2. The van der Waals surface area contributed by atoms with Crippen LogP contribution in [0.25, 0.3) is 6.08 Å². The minimum Gasteiger partial charge on any atom is -0.495 e. The van der Waals surface area contributed by atoms with Crippen LogP contribution in [0.4, 0.5) is 0 Å². The molecule has 0 amide bonds. The summed E-state index contributed by atoms with van der Waals surface area (Å²) in [6.07, 6.45) is 7.60. The van der Waals surface area contributed by atoms with Gasteiger partial charge in [0.15, 0.2) is 0 Å². The number of aliphatic hydroxyl groups excluding tert-OH is 1. The molecule has 2 N–H and O–H groups in total. The van der Waals surface area contributed by atoms with Crippen LogP contribution in [0.15, 0.2) is 53.7 Å². The second-order valence-corrected chi connectivity index (χ2v) is 6.85. The zero-order valence-corrected chi connectivity index (χ0v) is 15.3. The predicted octanol–water partition coefficient (Wildman–Crippen LogP) is 3.12. The number of nitrogens with zero attached hydrogens (tertiary/aromatic N) is 1. The van der Waals surface area contributed by atoms with Gasteiger partial charge in [0.2, 0.25) is 0 Å². The minimum absolute atomic E-state index is 0.0666. The van der Waals surface area contributed by atoms with E-state index in [4.69, 9.17) is 14.4 Å². The van der Waals surface area contributed by atoms with Gasteiger partial charge in [-0.25, -0.2) is 0 Å². The van der Waals surface area contributed by atoms with Gasteiger partial charge in [-0.15, -0.1) is 0 Å². The zero-order chi connectivity index (χ0) is 18.9. The number of aryl methyl sites for hydroxylation is 1. The van der Waals surface area contributed by atoms with Crippen molar-refractivity contribution in [2.45, 2.75) is 31.3 Å². The molecule has 0 aliphatic rings. The number of rotatable bonds is 5. The van der Waals surface area contributed by atoms with E-state index in [-0.39, 0.29) is 11.0 Å². The van der Waals surface area contributed by atoms with E-state index in [9.17, 15) is 8.42 Å². The van der Waals surface area contributed by atoms with Crippen molar-refractivity contribution in [1.82, 2.24) is 4.98 Å². The number of pyridine rings is 1. The Morgan fingerprint density at radius 2 is 1.88 bits per heavy atom. The second kappa shape index (κ2) is 9.93. The fourth-order valence-corrected chi connectivity index (χ4v) is 2.23. The van der Waals surface area contributed by atoms with E-state index >= 15 is 0 Å². The third-order valence-electron chi connectivity index (χ3n) is 3.08. The molecule has 2 rings (SSSR count). The maximum absolute atomic E-state index is 10.5. The molecule has 1 aromatic carbocycles. The minimum atomic E-state index is -4.02. The van der Waals surface area contributed by atoms with E-state index < -0.39 is 10.1 Å². The Morgan fingerprint density at radius 1 is 1.24 bits per heavy atom. The van der Waals surface area contributed by atoms with E-state index in [1.165, 1.54) is 12.1 Å². The molecule has 2 aromatic rings. The molecule has 0 saturated heterocycles. The molecule has 1 aromatic heterocycles. The number of aromatic nitrogens is 1. The normalized spacial score (nSPS) is 12.4. The summed E-state index contributed by atoms with van der Waals surface area (Å²) in [6.45, 7) is 3.60. The summed E-state index contributed by atoms with van der Waals surface area (Å²) in [6, 6.07) is 7.88. The number of methoxy groups -OCH3 is 1. The van der Waals surface area contributed by atoms with Gasteiger partial charge in [0, 0.05) is 6.20 Å². The lowest BCUT2D eigenvalue weighted by Crippen LogP contribution is -1.96. The lowest BCUT2D eigenvalue weighted by molar-refractivity contribution is 0.199. The van der Waals surface area contributed by atoms with Gasteiger partial charge >= 0.3 is 0 Å². The molecule has 1 atom stereocenters. The Labute approximate surface area is 148 Å². The van der Waals surface area contributed by atoms with Gasteiger partial charge in [0.25, 0.3) is 10.1 Å². The van der Waals surface area contributed by atoms with Crippen LogP contribution < -0.4 is 4.74 Å². The SMILES string of the molecule is COc1cncc(C=CCC(C)O)c1.Cc1ccc(S(=O)(=O)O)cc1. The van der Waals surface area contributed by atoms with E-state index in [2.05, 4.69) is 4.98 Å². The lowest BCUT2D eigenvalue weighted by Gasteiger charge is -2.00. The molecule has 6 nitrogen and oxygen atoms in total. The molecule has 0 aliphatic carbocycles. The predicted molar refractivity (Wildman–Crippen MR) is 97.1 cm³/mol. The van der Waals surface area contributed by atoms with Crippen LogP contribution in [-0.4, -0.2) is 36.3 Å². The van der Waals surface area contributed by atoms with Gasteiger partial charge in [-0.05, 0) is 44.0 Å². The summed E-state index contributed by atoms with van der Waals surface area (Å²) < 4.78 is 34.6.